The summed E-state index contributed by atoms with van der Waals surface area (Å²) in [5.74, 6) is -0.348. The summed E-state index contributed by atoms with van der Waals surface area (Å²) in [6.45, 7) is 1.83. The van der Waals surface area contributed by atoms with E-state index in [0.717, 1.165) is 6.07 Å². The van der Waals surface area contributed by atoms with Gasteiger partial charge in [0.25, 0.3) is 0 Å². The first kappa shape index (κ1) is 13.1. The van der Waals surface area contributed by atoms with Crippen molar-refractivity contribution in [2.75, 3.05) is 0 Å². The van der Waals surface area contributed by atoms with Gasteiger partial charge in [0, 0.05) is 11.1 Å². The van der Waals surface area contributed by atoms with Crippen LogP contribution in [0.3, 0.4) is 0 Å². The second-order valence-corrected chi connectivity index (χ2v) is 3.72. The summed E-state index contributed by atoms with van der Waals surface area (Å²) in [6.07, 6.45) is -4.12. The Hall–Kier alpha value is -0.940. The van der Waals surface area contributed by atoms with Crippen molar-refractivity contribution in [2.45, 2.75) is 25.7 Å². The molecule has 1 unspecified atom stereocenters. The van der Waals surface area contributed by atoms with Crippen molar-refractivity contribution < 1.29 is 17.9 Å². The quantitative estimate of drug-likeness (QED) is 0.892. The van der Waals surface area contributed by atoms with Crippen LogP contribution < -0.4 is 10.5 Å². The molecule has 1 aromatic rings. The maximum Gasteiger partial charge on any atom is 0.573 e. The standard InChI is InChI=1S/C10H11ClF3NO/c1-2-9(15)6-3-7(11)5-8(4-6)16-10(12,13)14/h3-5,9H,2,15H2,1H3. The Morgan fingerprint density at radius 3 is 2.50 bits per heavy atom. The summed E-state index contributed by atoms with van der Waals surface area (Å²) < 4.78 is 39.8. The van der Waals surface area contributed by atoms with E-state index >= 15 is 0 Å². The third kappa shape index (κ3) is 3.90. The van der Waals surface area contributed by atoms with Gasteiger partial charge in [-0.1, -0.05) is 18.5 Å². The van der Waals surface area contributed by atoms with Crippen molar-refractivity contribution >= 4 is 11.6 Å². The van der Waals surface area contributed by atoms with Gasteiger partial charge in [-0.25, -0.2) is 0 Å². The van der Waals surface area contributed by atoms with Crippen molar-refractivity contribution in [1.82, 2.24) is 0 Å². The molecular weight excluding hydrogens is 243 g/mol. The minimum atomic E-state index is -4.72. The van der Waals surface area contributed by atoms with Crippen molar-refractivity contribution in [3.63, 3.8) is 0 Å². The maximum atomic E-state index is 12.0. The average Bonchev–Trinajstić information content (AvgIpc) is 2.12. The molecular formula is C10H11ClF3NO. The molecule has 90 valence electrons. The normalized spacial score (nSPS) is 13.6. The Morgan fingerprint density at radius 2 is 2.00 bits per heavy atom. The summed E-state index contributed by atoms with van der Waals surface area (Å²) >= 11 is 5.68. The summed E-state index contributed by atoms with van der Waals surface area (Å²) in [6, 6.07) is 3.52. The zero-order chi connectivity index (χ0) is 12.3. The molecule has 0 bridgehead atoms. The molecule has 0 heterocycles. The Morgan fingerprint density at radius 1 is 1.38 bits per heavy atom. The fourth-order valence-corrected chi connectivity index (χ4v) is 1.46. The van der Waals surface area contributed by atoms with Gasteiger partial charge in [0.1, 0.15) is 5.75 Å². The van der Waals surface area contributed by atoms with Gasteiger partial charge in [-0.05, 0) is 30.2 Å². The van der Waals surface area contributed by atoms with Gasteiger partial charge in [0.2, 0.25) is 0 Å². The molecule has 0 aliphatic heterocycles. The molecule has 0 radical (unpaired) electrons. The summed E-state index contributed by atoms with van der Waals surface area (Å²) in [4.78, 5) is 0. The van der Waals surface area contributed by atoms with E-state index in [1.807, 2.05) is 6.92 Å². The van der Waals surface area contributed by atoms with Gasteiger partial charge in [-0.15, -0.1) is 13.2 Å². The van der Waals surface area contributed by atoms with E-state index in [-0.39, 0.29) is 16.8 Å². The molecule has 0 aromatic heterocycles. The van der Waals surface area contributed by atoms with E-state index in [9.17, 15) is 13.2 Å². The zero-order valence-electron chi connectivity index (χ0n) is 8.51. The van der Waals surface area contributed by atoms with Crippen LogP contribution in [0, 0.1) is 0 Å². The molecule has 6 heteroatoms. The second kappa shape index (κ2) is 4.93. The van der Waals surface area contributed by atoms with Crippen LogP contribution in [0.4, 0.5) is 13.2 Å². The van der Waals surface area contributed by atoms with E-state index in [1.165, 1.54) is 12.1 Å². The Kier molecular flexibility index (Phi) is 4.04. The average molecular weight is 254 g/mol. The smallest absolute Gasteiger partial charge is 0.406 e. The lowest BCUT2D eigenvalue weighted by molar-refractivity contribution is -0.274. The van der Waals surface area contributed by atoms with E-state index in [1.54, 1.807) is 0 Å². The van der Waals surface area contributed by atoms with Crippen LogP contribution in [-0.4, -0.2) is 6.36 Å². The largest absolute Gasteiger partial charge is 0.573 e. The summed E-state index contributed by atoms with van der Waals surface area (Å²) in [7, 11) is 0. The van der Waals surface area contributed by atoms with Crippen LogP contribution in [-0.2, 0) is 0 Å². The summed E-state index contributed by atoms with van der Waals surface area (Å²) in [5, 5.41) is 0.167. The monoisotopic (exact) mass is 253 g/mol. The number of alkyl halides is 3. The Bertz CT molecular complexity index is 368. The highest BCUT2D eigenvalue weighted by Crippen LogP contribution is 2.29. The molecule has 2 N–H and O–H groups in total. The van der Waals surface area contributed by atoms with E-state index in [4.69, 9.17) is 17.3 Å². The Balaban J connectivity index is 2.99. The number of benzene rings is 1. The van der Waals surface area contributed by atoms with Crippen LogP contribution >= 0.6 is 11.6 Å². The number of nitrogens with two attached hydrogens (primary N) is 1. The molecule has 1 rings (SSSR count). The van der Waals surface area contributed by atoms with Gasteiger partial charge in [-0.3, -0.25) is 0 Å². The van der Waals surface area contributed by atoms with Crippen molar-refractivity contribution in [3.05, 3.63) is 28.8 Å². The van der Waals surface area contributed by atoms with Gasteiger partial charge in [0.15, 0.2) is 0 Å². The third-order valence-corrected chi connectivity index (χ3v) is 2.21. The molecule has 0 saturated heterocycles. The molecule has 1 aromatic carbocycles. The molecule has 0 amide bonds. The third-order valence-electron chi connectivity index (χ3n) is 2.00. The first-order chi connectivity index (χ1) is 7.31. The molecule has 0 aliphatic rings. The summed E-state index contributed by atoms with van der Waals surface area (Å²) in [5.41, 5.74) is 6.22. The lowest BCUT2D eigenvalue weighted by Gasteiger charge is -2.13. The van der Waals surface area contributed by atoms with Crippen LogP contribution in [0.15, 0.2) is 18.2 Å². The Labute approximate surface area is 96.1 Å². The van der Waals surface area contributed by atoms with Crippen LogP contribution in [0.2, 0.25) is 5.02 Å². The predicted molar refractivity (Wildman–Crippen MR) is 55.4 cm³/mol. The first-order valence-electron chi connectivity index (χ1n) is 4.63. The highest BCUT2D eigenvalue weighted by atomic mass is 35.5. The van der Waals surface area contributed by atoms with Crippen LogP contribution in [0.25, 0.3) is 0 Å². The molecule has 0 fully saturated rings. The highest BCUT2D eigenvalue weighted by molar-refractivity contribution is 6.30. The minimum Gasteiger partial charge on any atom is -0.406 e. The molecule has 0 spiro atoms. The van der Waals surface area contributed by atoms with Crippen molar-refractivity contribution in [2.24, 2.45) is 5.73 Å². The van der Waals surface area contributed by atoms with Gasteiger partial charge in [-0.2, -0.15) is 0 Å². The lowest BCUT2D eigenvalue weighted by atomic mass is 10.1. The predicted octanol–water partition coefficient (Wildman–Crippen LogP) is 3.65. The number of hydrogen-bond acceptors (Lipinski definition) is 2. The van der Waals surface area contributed by atoms with Gasteiger partial charge < -0.3 is 10.5 Å². The van der Waals surface area contributed by atoms with Crippen LogP contribution in [0.5, 0.6) is 5.75 Å². The number of halogens is 4. The van der Waals surface area contributed by atoms with E-state index in [0.29, 0.717) is 12.0 Å². The number of rotatable bonds is 3. The molecule has 1 atom stereocenters. The molecule has 0 aliphatic carbocycles. The van der Waals surface area contributed by atoms with Crippen molar-refractivity contribution in [3.8, 4) is 5.75 Å². The SMILES string of the molecule is CCC(N)c1cc(Cl)cc(OC(F)(F)F)c1. The highest BCUT2D eigenvalue weighted by Gasteiger charge is 2.31. The molecule has 0 saturated carbocycles. The minimum absolute atomic E-state index is 0.167. The lowest BCUT2D eigenvalue weighted by Crippen LogP contribution is -2.17. The van der Waals surface area contributed by atoms with E-state index < -0.39 is 6.36 Å². The first-order valence-corrected chi connectivity index (χ1v) is 5.01. The second-order valence-electron chi connectivity index (χ2n) is 3.28. The molecule has 16 heavy (non-hydrogen) atoms. The number of hydrogen-bond donors (Lipinski definition) is 1. The van der Waals surface area contributed by atoms with Crippen molar-refractivity contribution in [1.29, 1.82) is 0 Å². The van der Waals surface area contributed by atoms with Crippen LogP contribution in [0.1, 0.15) is 24.9 Å². The fraction of sp³-hybridized carbons (Fsp3) is 0.400. The van der Waals surface area contributed by atoms with Gasteiger partial charge >= 0.3 is 6.36 Å². The van der Waals surface area contributed by atoms with E-state index in [2.05, 4.69) is 4.74 Å². The topological polar surface area (TPSA) is 35.2 Å². The maximum absolute atomic E-state index is 12.0. The van der Waals surface area contributed by atoms with Gasteiger partial charge in [0.05, 0.1) is 0 Å². The molecule has 2 nitrogen and oxygen atoms in total. The fourth-order valence-electron chi connectivity index (χ4n) is 1.23. The number of ether oxygens (including phenoxy) is 1. The zero-order valence-corrected chi connectivity index (χ0v) is 9.27.